The molecule has 4 heteroatoms. The molecule has 1 aromatic carbocycles. The topological polar surface area (TPSA) is 34.4 Å². The Morgan fingerprint density at radius 1 is 1.24 bits per heavy atom. The molecule has 1 heterocycles. The van der Waals surface area contributed by atoms with Gasteiger partial charge in [0.15, 0.2) is 0 Å². The zero-order chi connectivity index (χ0) is 15.5. The minimum Gasteiger partial charge on any atom is -0.489 e. The van der Waals surface area contributed by atoms with E-state index in [2.05, 4.69) is 26.1 Å². The molecule has 0 spiro atoms. The Labute approximate surface area is 131 Å². The summed E-state index contributed by atoms with van der Waals surface area (Å²) < 4.78 is 11.5. The van der Waals surface area contributed by atoms with Crippen molar-refractivity contribution in [3.63, 3.8) is 0 Å². The van der Waals surface area contributed by atoms with Gasteiger partial charge in [0.25, 0.3) is 0 Å². The highest BCUT2D eigenvalue weighted by Gasteiger charge is 2.12. The maximum absolute atomic E-state index is 5.94. The van der Waals surface area contributed by atoms with Gasteiger partial charge in [-0.05, 0) is 52.0 Å². The van der Waals surface area contributed by atoms with Crippen LogP contribution in [0.15, 0.2) is 34.7 Å². The zero-order valence-corrected chi connectivity index (χ0v) is 13.8. The molecule has 0 aliphatic rings. The van der Waals surface area contributed by atoms with Crippen molar-refractivity contribution in [3.05, 3.63) is 52.4 Å². The van der Waals surface area contributed by atoms with Crippen LogP contribution in [0.3, 0.4) is 0 Å². The lowest BCUT2D eigenvalue weighted by Crippen LogP contribution is -2.34. The molecular formula is C17H22ClNO2. The van der Waals surface area contributed by atoms with Crippen LogP contribution in [0.25, 0.3) is 0 Å². The van der Waals surface area contributed by atoms with Gasteiger partial charge >= 0.3 is 0 Å². The second-order valence-electron chi connectivity index (χ2n) is 6.14. The number of hydrogen-bond acceptors (Lipinski definition) is 3. The van der Waals surface area contributed by atoms with Crippen LogP contribution in [0.5, 0.6) is 5.75 Å². The van der Waals surface area contributed by atoms with Gasteiger partial charge in [-0.15, -0.1) is 0 Å². The third-order valence-electron chi connectivity index (χ3n) is 3.05. The first-order valence-electron chi connectivity index (χ1n) is 7.05. The molecule has 3 nitrogen and oxygen atoms in total. The van der Waals surface area contributed by atoms with Crippen molar-refractivity contribution in [2.45, 2.75) is 46.4 Å². The van der Waals surface area contributed by atoms with E-state index in [1.807, 2.05) is 31.2 Å². The SMILES string of the molecule is Cc1oc(CNC(C)(C)C)cc1COc1cccc(Cl)c1. The molecule has 1 N–H and O–H groups in total. The Kier molecular flexibility index (Phi) is 4.96. The molecular weight excluding hydrogens is 286 g/mol. The quantitative estimate of drug-likeness (QED) is 0.868. The van der Waals surface area contributed by atoms with Crippen LogP contribution in [0.2, 0.25) is 5.02 Å². The third kappa shape index (κ3) is 5.10. The Morgan fingerprint density at radius 2 is 2.00 bits per heavy atom. The van der Waals surface area contributed by atoms with Crippen molar-refractivity contribution < 1.29 is 9.15 Å². The average Bonchev–Trinajstić information content (AvgIpc) is 2.74. The molecule has 21 heavy (non-hydrogen) atoms. The molecule has 0 atom stereocenters. The lowest BCUT2D eigenvalue weighted by molar-refractivity contribution is 0.303. The second kappa shape index (κ2) is 6.54. The van der Waals surface area contributed by atoms with E-state index in [1.54, 1.807) is 6.07 Å². The van der Waals surface area contributed by atoms with Crippen molar-refractivity contribution in [3.8, 4) is 5.75 Å². The zero-order valence-electron chi connectivity index (χ0n) is 13.0. The van der Waals surface area contributed by atoms with Crippen LogP contribution >= 0.6 is 11.6 Å². The molecule has 0 bridgehead atoms. The smallest absolute Gasteiger partial charge is 0.121 e. The van der Waals surface area contributed by atoms with Crippen molar-refractivity contribution in [1.29, 1.82) is 0 Å². The highest BCUT2D eigenvalue weighted by atomic mass is 35.5. The Balaban J connectivity index is 1.96. The molecule has 2 rings (SSSR count). The van der Waals surface area contributed by atoms with Crippen LogP contribution in [-0.4, -0.2) is 5.54 Å². The molecule has 0 saturated heterocycles. The number of halogens is 1. The highest BCUT2D eigenvalue weighted by molar-refractivity contribution is 6.30. The number of ether oxygens (including phenoxy) is 1. The van der Waals surface area contributed by atoms with E-state index in [1.165, 1.54) is 0 Å². The molecule has 0 radical (unpaired) electrons. The summed E-state index contributed by atoms with van der Waals surface area (Å²) in [5.41, 5.74) is 1.12. The van der Waals surface area contributed by atoms with E-state index in [9.17, 15) is 0 Å². The van der Waals surface area contributed by atoms with Crippen molar-refractivity contribution >= 4 is 11.6 Å². The minimum absolute atomic E-state index is 0.0676. The Hall–Kier alpha value is -1.45. The molecule has 0 aliphatic heterocycles. The van der Waals surface area contributed by atoms with E-state index in [-0.39, 0.29) is 5.54 Å². The van der Waals surface area contributed by atoms with Gasteiger partial charge in [-0.3, -0.25) is 0 Å². The summed E-state index contributed by atoms with van der Waals surface area (Å²) >= 11 is 5.94. The van der Waals surface area contributed by atoms with E-state index < -0.39 is 0 Å². The first kappa shape index (κ1) is 15.9. The van der Waals surface area contributed by atoms with Crippen LogP contribution in [0, 0.1) is 6.92 Å². The summed E-state index contributed by atoms with van der Waals surface area (Å²) in [7, 11) is 0. The fourth-order valence-electron chi connectivity index (χ4n) is 1.89. The molecule has 0 fully saturated rings. The summed E-state index contributed by atoms with van der Waals surface area (Å²) in [5.74, 6) is 2.58. The minimum atomic E-state index is 0.0676. The van der Waals surface area contributed by atoms with Crippen molar-refractivity contribution in [2.75, 3.05) is 0 Å². The predicted molar refractivity (Wildman–Crippen MR) is 85.8 cm³/mol. The van der Waals surface area contributed by atoms with Crippen LogP contribution in [0.4, 0.5) is 0 Å². The summed E-state index contributed by atoms with van der Waals surface area (Å²) in [6.07, 6.45) is 0. The summed E-state index contributed by atoms with van der Waals surface area (Å²) in [5, 5.41) is 4.08. The number of benzene rings is 1. The molecule has 0 aliphatic carbocycles. The largest absolute Gasteiger partial charge is 0.489 e. The third-order valence-corrected chi connectivity index (χ3v) is 3.29. The molecule has 0 unspecified atom stereocenters. The number of nitrogens with one attached hydrogen (secondary N) is 1. The Morgan fingerprint density at radius 3 is 2.67 bits per heavy atom. The maximum Gasteiger partial charge on any atom is 0.121 e. The predicted octanol–water partition coefficient (Wildman–Crippen LogP) is 4.71. The van der Waals surface area contributed by atoms with Crippen molar-refractivity contribution in [1.82, 2.24) is 5.32 Å². The van der Waals surface area contributed by atoms with E-state index in [4.69, 9.17) is 20.8 Å². The fraction of sp³-hybridized carbons (Fsp3) is 0.412. The normalized spacial score (nSPS) is 11.7. The van der Waals surface area contributed by atoms with Gasteiger partial charge in [0.05, 0.1) is 6.54 Å². The number of aryl methyl sites for hydroxylation is 1. The molecule has 2 aromatic rings. The van der Waals surface area contributed by atoms with E-state index >= 15 is 0 Å². The lowest BCUT2D eigenvalue weighted by Gasteiger charge is -2.19. The number of furan rings is 1. The van der Waals surface area contributed by atoms with Gasteiger partial charge in [0, 0.05) is 16.1 Å². The first-order valence-corrected chi connectivity index (χ1v) is 7.43. The fourth-order valence-corrected chi connectivity index (χ4v) is 2.07. The molecule has 0 amide bonds. The summed E-state index contributed by atoms with van der Waals surface area (Å²) in [6, 6.07) is 9.44. The van der Waals surface area contributed by atoms with E-state index in [0.29, 0.717) is 18.2 Å². The number of hydrogen-bond donors (Lipinski definition) is 1. The van der Waals surface area contributed by atoms with Gasteiger partial charge in [-0.2, -0.15) is 0 Å². The van der Waals surface area contributed by atoms with Gasteiger partial charge in [0.1, 0.15) is 23.9 Å². The second-order valence-corrected chi connectivity index (χ2v) is 6.58. The summed E-state index contributed by atoms with van der Waals surface area (Å²) in [4.78, 5) is 0. The first-order chi connectivity index (χ1) is 9.83. The highest BCUT2D eigenvalue weighted by Crippen LogP contribution is 2.21. The molecule has 1 aromatic heterocycles. The molecule has 114 valence electrons. The van der Waals surface area contributed by atoms with Gasteiger partial charge in [0.2, 0.25) is 0 Å². The Bertz CT molecular complexity index is 599. The summed E-state index contributed by atoms with van der Waals surface area (Å²) in [6.45, 7) is 9.54. The van der Waals surface area contributed by atoms with Crippen LogP contribution in [0.1, 0.15) is 37.9 Å². The van der Waals surface area contributed by atoms with Crippen LogP contribution < -0.4 is 10.1 Å². The average molecular weight is 308 g/mol. The maximum atomic E-state index is 5.94. The van der Waals surface area contributed by atoms with E-state index in [0.717, 1.165) is 22.8 Å². The number of rotatable bonds is 5. The van der Waals surface area contributed by atoms with Crippen molar-refractivity contribution in [2.24, 2.45) is 0 Å². The monoisotopic (exact) mass is 307 g/mol. The van der Waals surface area contributed by atoms with Gasteiger partial charge in [-0.1, -0.05) is 17.7 Å². The van der Waals surface area contributed by atoms with Gasteiger partial charge < -0.3 is 14.5 Å². The van der Waals surface area contributed by atoms with Crippen LogP contribution in [-0.2, 0) is 13.2 Å². The molecule has 0 saturated carbocycles. The standard InChI is InChI=1S/C17H22ClNO2/c1-12-13(8-16(21-12)10-19-17(2,3)4)11-20-15-7-5-6-14(18)9-15/h5-9,19H,10-11H2,1-4H3. The van der Waals surface area contributed by atoms with Gasteiger partial charge in [-0.25, -0.2) is 0 Å². The lowest BCUT2D eigenvalue weighted by atomic mass is 10.1.